The Morgan fingerprint density at radius 3 is 2.13 bits per heavy atom. The van der Waals surface area contributed by atoms with Gasteiger partial charge in [-0.2, -0.15) is 0 Å². The van der Waals surface area contributed by atoms with Crippen molar-refractivity contribution in [2.24, 2.45) is 0 Å². The second-order valence-electron chi connectivity index (χ2n) is 5.31. The standard InChI is InChI=1S/C11H23N3O/c1-12-5-7-13(8-6-12)11-3-9-14(2,15)10-4-11/h11H,3-10H2,1-2H3. The van der Waals surface area contributed by atoms with Crippen LogP contribution in [-0.2, 0) is 0 Å². The molecule has 2 aliphatic rings. The minimum absolute atomic E-state index is 0.0236. The highest BCUT2D eigenvalue weighted by molar-refractivity contribution is 4.79. The summed E-state index contributed by atoms with van der Waals surface area (Å²) in [6.45, 7) is 6.33. The summed E-state index contributed by atoms with van der Waals surface area (Å²) in [7, 11) is 3.99. The molecule has 0 amide bonds. The molecule has 2 aliphatic heterocycles. The van der Waals surface area contributed by atoms with E-state index in [-0.39, 0.29) is 4.65 Å². The summed E-state index contributed by atoms with van der Waals surface area (Å²) < 4.78 is -0.0236. The van der Waals surface area contributed by atoms with Gasteiger partial charge in [-0.15, -0.1) is 0 Å². The van der Waals surface area contributed by atoms with Crippen LogP contribution >= 0.6 is 0 Å². The monoisotopic (exact) mass is 213 g/mol. The first-order chi connectivity index (χ1) is 7.07. The first-order valence-corrected chi connectivity index (χ1v) is 6.05. The van der Waals surface area contributed by atoms with Crippen LogP contribution < -0.4 is 0 Å². The Morgan fingerprint density at radius 2 is 1.60 bits per heavy atom. The molecular formula is C11H23N3O. The maximum absolute atomic E-state index is 11.7. The van der Waals surface area contributed by atoms with Crippen molar-refractivity contribution in [3.05, 3.63) is 5.21 Å². The summed E-state index contributed by atoms with van der Waals surface area (Å²) in [5.41, 5.74) is 0. The average Bonchev–Trinajstić information content (AvgIpc) is 2.20. The molecule has 0 saturated carbocycles. The average molecular weight is 213 g/mol. The second-order valence-corrected chi connectivity index (χ2v) is 5.31. The minimum Gasteiger partial charge on any atom is -0.633 e. The number of piperidine rings is 1. The fourth-order valence-electron chi connectivity index (χ4n) is 2.65. The maximum Gasteiger partial charge on any atom is 0.0797 e. The molecule has 4 nitrogen and oxygen atoms in total. The minimum atomic E-state index is -0.0236. The van der Waals surface area contributed by atoms with Crippen molar-refractivity contribution >= 4 is 0 Å². The number of quaternary nitrogens is 1. The van der Waals surface area contributed by atoms with E-state index in [1.165, 1.54) is 26.2 Å². The second kappa shape index (κ2) is 4.37. The zero-order valence-electron chi connectivity index (χ0n) is 9.98. The molecule has 0 aromatic rings. The van der Waals surface area contributed by atoms with Crippen molar-refractivity contribution in [3.8, 4) is 0 Å². The number of nitrogens with zero attached hydrogens (tertiary/aromatic N) is 3. The van der Waals surface area contributed by atoms with Gasteiger partial charge in [-0.25, -0.2) is 0 Å². The number of hydrogen-bond acceptors (Lipinski definition) is 3. The van der Waals surface area contributed by atoms with Gasteiger partial charge < -0.3 is 14.8 Å². The summed E-state index contributed by atoms with van der Waals surface area (Å²) in [5.74, 6) is 0. The molecule has 88 valence electrons. The van der Waals surface area contributed by atoms with Crippen LogP contribution in [0.1, 0.15) is 12.8 Å². The summed E-state index contributed by atoms with van der Waals surface area (Å²) >= 11 is 0. The van der Waals surface area contributed by atoms with Crippen LogP contribution in [0.3, 0.4) is 0 Å². The van der Waals surface area contributed by atoms with Crippen molar-refractivity contribution < 1.29 is 4.65 Å². The quantitative estimate of drug-likeness (QED) is 0.465. The number of likely N-dealkylation sites (N-methyl/N-ethyl adjacent to an activating group) is 1. The van der Waals surface area contributed by atoms with E-state index in [2.05, 4.69) is 16.8 Å². The molecule has 2 saturated heterocycles. The Kier molecular flexibility index (Phi) is 3.30. The Bertz CT molecular complexity index is 202. The molecular weight excluding hydrogens is 190 g/mol. The number of hydrogen-bond donors (Lipinski definition) is 0. The molecule has 4 heteroatoms. The van der Waals surface area contributed by atoms with Crippen LogP contribution in [0, 0.1) is 5.21 Å². The van der Waals surface area contributed by atoms with E-state index in [4.69, 9.17) is 0 Å². The molecule has 0 N–H and O–H groups in total. The van der Waals surface area contributed by atoms with Gasteiger partial charge in [0.15, 0.2) is 0 Å². The molecule has 0 unspecified atom stereocenters. The molecule has 0 aromatic carbocycles. The van der Waals surface area contributed by atoms with E-state index < -0.39 is 0 Å². The van der Waals surface area contributed by atoms with E-state index in [1.54, 1.807) is 7.05 Å². The third-order valence-corrected chi connectivity index (χ3v) is 3.92. The molecule has 15 heavy (non-hydrogen) atoms. The lowest BCUT2D eigenvalue weighted by Gasteiger charge is -2.47. The van der Waals surface area contributed by atoms with Crippen molar-refractivity contribution in [3.63, 3.8) is 0 Å². The zero-order chi connectivity index (χ0) is 10.9. The Morgan fingerprint density at radius 1 is 1.07 bits per heavy atom. The summed E-state index contributed by atoms with van der Waals surface area (Å²) in [6, 6.07) is 0.679. The maximum atomic E-state index is 11.7. The van der Waals surface area contributed by atoms with Crippen LogP contribution in [0.5, 0.6) is 0 Å². The van der Waals surface area contributed by atoms with Gasteiger partial charge in [0.1, 0.15) is 0 Å². The molecule has 0 radical (unpaired) electrons. The van der Waals surface area contributed by atoms with Gasteiger partial charge in [-0.3, -0.25) is 4.90 Å². The third-order valence-electron chi connectivity index (χ3n) is 3.92. The van der Waals surface area contributed by atoms with E-state index in [0.29, 0.717) is 6.04 Å². The molecule has 0 bridgehead atoms. The fraction of sp³-hybridized carbons (Fsp3) is 1.00. The highest BCUT2D eigenvalue weighted by atomic mass is 16.5. The normalized spacial score (nSPS) is 40.6. The topological polar surface area (TPSA) is 29.5 Å². The lowest BCUT2D eigenvalue weighted by Crippen LogP contribution is -2.55. The highest BCUT2D eigenvalue weighted by Gasteiger charge is 2.29. The largest absolute Gasteiger partial charge is 0.633 e. The first kappa shape index (κ1) is 11.3. The third kappa shape index (κ3) is 2.91. The summed E-state index contributed by atoms with van der Waals surface area (Å²) in [5, 5.41) is 11.7. The van der Waals surface area contributed by atoms with Gasteiger partial charge in [-0.05, 0) is 7.05 Å². The zero-order valence-corrected chi connectivity index (χ0v) is 9.98. The molecule has 2 heterocycles. The predicted molar refractivity (Wildman–Crippen MR) is 61.4 cm³/mol. The molecule has 0 aliphatic carbocycles. The smallest absolute Gasteiger partial charge is 0.0797 e. The Balaban J connectivity index is 1.80. The fourth-order valence-corrected chi connectivity index (χ4v) is 2.65. The van der Waals surface area contributed by atoms with Gasteiger partial charge in [-0.1, -0.05) is 0 Å². The summed E-state index contributed by atoms with van der Waals surface area (Å²) in [4.78, 5) is 4.96. The van der Waals surface area contributed by atoms with Gasteiger partial charge in [0, 0.05) is 45.1 Å². The highest BCUT2D eigenvalue weighted by Crippen LogP contribution is 2.20. The molecule has 0 spiro atoms. The number of piperazine rings is 1. The number of likely N-dealkylation sites (tertiary alicyclic amines) is 1. The van der Waals surface area contributed by atoms with Crippen LogP contribution in [0.2, 0.25) is 0 Å². The van der Waals surface area contributed by atoms with Gasteiger partial charge in [0.05, 0.1) is 20.1 Å². The van der Waals surface area contributed by atoms with E-state index in [0.717, 1.165) is 25.9 Å². The van der Waals surface area contributed by atoms with E-state index >= 15 is 0 Å². The SMILES string of the molecule is CN1CCN(C2CC[N+](C)([O-])CC2)CC1. The van der Waals surface area contributed by atoms with Crippen molar-refractivity contribution in [2.45, 2.75) is 18.9 Å². The van der Waals surface area contributed by atoms with Crippen LogP contribution in [-0.4, -0.2) is 73.9 Å². The Hall–Kier alpha value is -0.160. The lowest BCUT2D eigenvalue weighted by molar-refractivity contribution is -0.866. The lowest BCUT2D eigenvalue weighted by atomic mass is 10.0. The van der Waals surface area contributed by atoms with Gasteiger partial charge >= 0.3 is 0 Å². The van der Waals surface area contributed by atoms with E-state index in [9.17, 15) is 5.21 Å². The molecule has 0 atom stereocenters. The Labute approximate surface area is 92.6 Å². The predicted octanol–water partition coefficient (Wildman–Crippen LogP) is 0.341. The summed E-state index contributed by atoms with van der Waals surface area (Å²) in [6.07, 6.45) is 2.17. The van der Waals surface area contributed by atoms with Crippen molar-refractivity contribution in [1.82, 2.24) is 9.80 Å². The van der Waals surface area contributed by atoms with Gasteiger partial charge in [0.2, 0.25) is 0 Å². The molecule has 2 fully saturated rings. The van der Waals surface area contributed by atoms with Gasteiger partial charge in [0.25, 0.3) is 0 Å². The van der Waals surface area contributed by atoms with Crippen molar-refractivity contribution in [2.75, 3.05) is 53.4 Å². The van der Waals surface area contributed by atoms with Crippen molar-refractivity contribution in [1.29, 1.82) is 0 Å². The molecule has 0 aromatic heterocycles. The van der Waals surface area contributed by atoms with Crippen LogP contribution in [0.25, 0.3) is 0 Å². The molecule has 2 rings (SSSR count). The van der Waals surface area contributed by atoms with Crippen LogP contribution in [0.15, 0.2) is 0 Å². The van der Waals surface area contributed by atoms with E-state index in [1.807, 2.05) is 0 Å². The van der Waals surface area contributed by atoms with Crippen LogP contribution in [0.4, 0.5) is 0 Å². The number of rotatable bonds is 1. The first-order valence-electron chi connectivity index (χ1n) is 6.05. The number of hydroxylamine groups is 3.